The topological polar surface area (TPSA) is 102 Å². The van der Waals surface area contributed by atoms with Gasteiger partial charge in [0.25, 0.3) is 18.3 Å². The van der Waals surface area contributed by atoms with Gasteiger partial charge in [0.05, 0.1) is 28.7 Å². The molecule has 0 spiro atoms. The normalized spacial score (nSPS) is 19.7. The van der Waals surface area contributed by atoms with E-state index < -0.39 is 43.2 Å². The number of aryl methyl sites for hydroxylation is 1. The van der Waals surface area contributed by atoms with Gasteiger partial charge in [-0.2, -0.15) is 5.10 Å². The minimum atomic E-state index is -3.10. The molecule has 186 valence electrons. The molecule has 4 rings (SSSR count). The van der Waals surface area contributed by atoms with E-state index in [9.17, 15) is 22.4 Å². The number of carbonyl (C=O) groups excluding carboxylic acids is 1. The van der Waals surface area contributed by atoms with E-state index in [4.69, 9.17) is 11.6 Å². The third-order valence-corrected chi connectivity index (χ3v) is 5.82. The Kier molecular flexibility index (Phi) is 6.88. The molecule has 0 aliphatic carbocycles. The highest BCUT2D eigenvalue weighted by atomic mass is 35.5. The highest BCUT2D eigenvalue weighted by molar-refractivity contribution is 6.30. The number of nitrogens with zero attached hydrogens (tertiary/aromatic N) is 7. The summed E-state index contributed by atoms with van der Waals surface area (Å²) in [4.78, 5) is 30.5. The standard InChI is InChI=1S/C21H21ClF4N8O/c1-11-3-21(25,26)10-34(15(11)8-31-20-29-4-12(5-30-20)17(23)24)19(35)16-14(9-33(2)32-16)18-27-6-13(22)7-28-18/h4-7,9,11,15,17H,3,8,10H2,1-2H3,(H,29,30,31)/t11-,15-/m1/s1. The molecule has 1 aliphatic rings. The summed E-state index contributed by atoms with van der Waals surface area (Å²) >= 11 is 5.85. The van der Waals surface area contributed by atoms with Gasteiger partial charge in [0.15, 0.2) is 11.5 Å². The molecule has 0 radical (unpaired) electrons. The van der Waals surface area contributed by atoms with Crippen molar-refractivity contribution in [2.45, 2.75) is 31.7 Å². The average Bonchev–Trinajstić information content (AvgIpc) is 3.19. The van der Waals surface area contributed by atoms with Gasteiger partial charge >= 0.3 is 0 Å². The molecule has 1 amide bonds. The number of hydrogen-bond acceptors (Lipinski definition) is 7. The Hall–Kier alpha value is -3.35. The first kappa shape index (κ1) is 24.8. The summed E-state index contributed by atoms with van der Waals surface area (Å²) in [6, 6.07) is -0.679. The zero-order valence-corrected chi connectivity index (χ0v) is 19.4. The lowest BCUT2D eigenvalue weighted by Crippen LogP contribution is -2.57. The summed E-state index contributed by atoms with van der Waals surface area (Å²) in [6.45, 7) is 0.823. The van der Waals surface area contributed by atoms with Crippen LogP contribution in [0.4, 0.5) is 23.5 Å². The van der Waals surface area contributed by atoms with Crippen molar-refractivity contribution >= 4 is 23.5 Å². The van der Waals surface area contributed by atoms with Gasteiger partial charge in [-0.05, 0) is 5.92 Å². The maximum Gasteiger partial charge on any atom is 0.275 e. The van der Waals surface area contributed by atoms with Gasteiger partial charge in [0.2, 0.25) is 5.95 Å². The second-order valence-corrected chi connectivity index (χ2v) is 8.79. The van der Waals surface area contributed by atoms with Crippen molar-refractivity contribution in [2.75, 3.05) is 18.4 Å². The van der Waals surface area contributed by atoms with Gasteiger partial charge in [0.1, 0.15) is 0 Å². The van der Waals surface area contributed by atoms with E-state index in [2.05, 4.69) is 30.4 Å². The van der Waals surface area contributed by atoms with E-state index in [0.29, 0.717) is 5.02 Å². The van der Waals surface area contributed by atoms with Crippen molar-refractivity contribution in [3.05, 3.63) is 47.3 Å². The van der Waals surface area contributed by atoms with Gasteiger partial charge in [-0.3, -0.25) is 9.48 Å². The number of amides is 1. The fourth-order valence-corrected chi connectivity index (χ4v) is 4.11. The number of anilines is 1. The van der Waals surface area contributed by atoms with Crippen molar-refractivity contribution in [1.82, 2.24) is 34.6 Å². The van der Waals surface area contributed by atoms with Crippen LogP contribution in [-0.2, 0) is 7.05 Å². The Balaban J connectivity index is 1.61. The molecule has 3 aromatic heterocycles. The predicted octanol–water partition coefficient (Wildman–Crippen LogP) is 3.86. The molecular formula is C21H21ClF4N8O. The lowest BCUT2D eigenvalue weighted by atomic mass is 9.88. The van der Waals surface area contributed by atoms with E-state index in [1.165, 1.54) is 23.3 Å². The lowest BCUT2D eigenvalue weighted by molar-refractivity contribution is -0.0898. The monoisotopic (exact) mass is 512 g/mol. The molecule has 1 N–H and O–H groups in total. The first-order valence-electron chi connectivity index (χ1n) is 10.6. The minimum Gasteiger partial charge on any atom is -0.352 e. The van der Waals surface area contributed by atoms with Crippen LogP contribution >= 0.6 is 11.6 Å². The van der Waals surface area contributed by atoms with Crippen LogP contribution in [0.15, 0.2) is 31.0 Å². The van der Waals surface area contributed by atoms with Crippen LogP contribution < -0.4 is 5.32 Å². The van der Waals surface area contributed by atoms with Gasteiger partial charge in [-0.25, -0.2) is 37.5 Å². The number of alkyl halides is 4. The number of likely N-dealkylation sites (tertiary alicyclic amines) is 1. The molecule has 9 nitrogen and oxygen atoms in total. The molecule has 0 aromatic carbocycles. The van der Waals surface area contributed by atoms with Gasteiger partial charge < -0.3 is 10.2 Å². The highest BCUT2D eigenvalue weighted by Crippen LogP contribution is 2.36. The molecule has 1 fully saturated rings. The van der Waals surface area contributed by atoms with E-state index >= 15 is 0 Å². The van der Waals surface area contributed by atoms with E-state index in [1.54, 1.807) is 14.0 Å². The van der Waals surface area contributed by atoms with Crippen molar-refractivity contribution < 1.29 is 22.4 Å². The summed E-state index contributed by atoms with van der Waals surface area (Å²) in [6.07, 6.45) is 3.05. The molecule has 1 saturated heterocycles. The van der Waals surface area contributed by atoms with E-state index in [0.717, 1.165) is 17.3 Å². The number of hydrogen-bond donors (Lipinski definition) is 1. The Morgan fingerprint density at radius 3 is 2.49 bits per heavy atom. The van der Waals surface area contributed by atoms with Crippen molar-refractivity contribution in [3.8, 4) is 11.4 Å². The quantitative estimate of drug-likeness (QED) is 0.500. The molecule has 2 atom stereocenters. The van der Waals surface area contributed by atoms with Crippen LogP contribution in [0.25, 0.3) is 11.4 Å². The number of halogens is 5. The molecule has 0 bridgehead atoms. The molecule has 35 heavy (non-hydrogen) atoms. The average molecular weight is 513 g/mol. The number of rotatable bonds is 6. The van der Waals surface area contributed by atoms with Crippen LogP contribution in [-0.4, -0.2) is 65.6 Å². The number of carbonyl (C=O) groups is 1. The maximum absolute atomic E-state index is 14.5. The minimum absolute atomic E-state index is 0.0244. The Morgan fingerprint density at radius 2 is 1.86 bits per heavy atom. The summed E-state index contributed by atoms with van der Waals surface area (Å²) in [5, 5.41) is 7.35. The van der Waals surface area contributed by atoms with Gasteiger partial charge in [-0.15, -0.1) is 0 Å². The lowest BCUT2D eigenvalue weighted by Gasteiger charge is -2.43. The Morgan fingerprint density at radius 1 is 1.20 bits per heavy atom. The summed E-state index contributed by atoms with van der Waals surface area (Å²) in [7, 11) is 1.59. The maximum atomic E-state index is 14.5. The van der Waals surface area contributed by atoms with Crippen LogP contribution in [0, 0.1) is 5.92 Å². The van der Waals surface area contributed by atoms with E-state index in [1.807, 2.05) is 0 Å². The SMILES string of the molecule is C[C@@H]1CC(F)(F)CN(C(=O)c2nn(C)cc2-c2ncc(Cl)cn2)[C@@H]1CNc1ncc(C(F)F)cn1. The van der Waals surface area contributed by atoms with Gasteiger partial charge in [0, 0.05) is 51.0 Å². The predicted molar refractivity (Wildman–Crippen MR) is 118 cm³/mol. The molecule has 1 aliphatic heterocycles. The second kappa shape index (κ2) is 9.72. The van der Waals surface area contributed by atoms with Crippen molar-refractivity contribution in [3.63, 3.8) is 0 Å². The highest BCUT2D eigenvalue weighted by Gasteiger charge is 2.47. The van der Waals surface area contributed by atoms with Crippen LogP contribution in [0.5, 0.6) is 0 Å². The third kappa shape index (κ3) is 5.50. The summed E-state index contributed by atoms with van der Waals surface area (Å²) in [5.41, 5.74) is -0.152. The Labute approximate surface area is 202 Å². The molecule has 0 unspecified atom stereocenters. The van der Waals surface area contributed by atoms with Crippen molar-refractivity contribution in [2.24, 2.45) is 13.0 Å². The molecule has 0 saturated carbocycles. The van der Waals surface area contributed by atoms with E-state index in [-0.39, 0.29) is 35.1 Å². The molecular weight excluding hydrogens is 492 g/mol. The van der Waals surface area contributed by atoms with Gasteiger partial charge in [-0.1, -0.05) is 18.5 Å². The first-order chi connectivity index (χ1) is 16.5. The third-order valence-electron chi connectivity index (χ3n) is 5.63. The van der Waals surface area contributed by atoms with Crippen molar-refractivity contribution in [1.29, 1.82) is 0 Å². The largest absolute Gasteiger partial charge is 0.352 e. The number of piperidine rings is 1. The Bertz CT molecular complexity index is 1190. The molecule has 14 heteroatoms. The van der Waals surface area contributed by atoms with Crippen LogP contribution in [0.1, 0.15) is 35.8 Å². The first-order valence-corrected chi connectivity index (χ1v) is 11.0. The summed E-state index contributed by atoms with van der Waals surface area (Å²) < 4.78 is 55.9. The number of nitrogens with one attached hydrogen (secondary N) is 1. The smallest absolute Gasteiger partial charge is 0.275 e. The van der Waals surface area contributed by atoms with Crippen LogP contribution in [0.3, 0.4) is 0 Å². The fraction of sp³-hybridized carbons (Fsp3) is 0.429. The summed E-state index contributed by atoms with van der Waals surface area (Å²) in [5.74, 6) is -4.21. The molecule has 3 aromatic rings. The molecule has 4 heterocycles. The number of aromatic nitrogens is 6. The second-order valence-electron chi connectivity index (χ2n) is 8.35. The fourth-order valence-electron chi connectivity index (χ4n) is 4.01. The zero-order chi connectivity index (χ0) is 25.3. The zero-order valence-electron chi connectivity index (χ0n) is 18.7. The van der Waals surface area contributed by atoms with Crippen LogP contribution in [0.2, 0.25) is 5.02 Å².